The lowest BCUT2D eigenvalue weighted by Crippen LogP contribution is -2.33. The number of ketones is 1. The maximum Gasteiger partial charge on any atom is 0.246 e. The van der Waals surface area contributed by atoms with Crippen molar-refractivity contribution in [3.8, 4) is 0 Å². The number of hydrogen-bond acceptors (Lipinski definition) is 3. The molecule has 3 aromatic carbocycles. The number of nitrogens with zero attached hydrogens (tertiary/aromatic N) is 1. The van der Waals surface area contributed by atoms with E-state index >= 15 is 0 Å². The van der Waals surface area contributed by atoms with Crippen LogP contribution in [0.4, 0.5) is 0 Å². The monoisotopic (exact) mass is 436 g/mol. The first-order chi connectivity index (χ1) is 16.0. The van der Waals surface area contributed by atoms with E-state index in [1.165, 1.54) is 0 Å². The van der Waals surface area contributed by atoms with Gasteiger partial charge in [0.2, 0.25) is 5.91 Å². The smallest absolute Gasteiger partial charge is 0.246 e. The van der Waals surface area contributed by atoms with E-state index in [2.05, 4.69) is 0 Å². The van der Waals surface area contributed by atoms with Gasteiger partial charge in [0, 0.05) is 36.4 Å². The molecule has 4 heteroatoms. The van der Waals surface area contributed by atoms with Crippen molar-refractivity contribution in [3.05, 3.63) is 132 Å². The van der Waals surface area contributed by atoms with Crippen LogP contribution in [0.1, 0.15) is 35.4 Å². The number of nitrogens with two attached hydrogens (primary N) is 1. The zero-order chi connectivity index (χ0) is 23.2. The van der Waals surface area contributed by atoms with Gasteiger partial charge < -0.3 is 10.6 Å². The van der Waals surface area contributed by atoms with Gasteiger partial charge in [0.15, 0.2) is 0 Å². The SMILES string of the molecule is CC(=O)C(c1ccccc1)C(c1ccccc1)C1C=CN(Cc2ccccc2)C=C1C(N)=O. The first-order valence-electron chi connectivity index (χ1n) is 11.1. The topological polar surface area (TPSA) is 63.4 Å². The highest BCUT2D eigenvalue weighted by Gasteiger charge is 2.38. The standard InChI is InChI=1S/C29H28N2O2/c1-21(32)27(23-13-7-3-8-14-23)28(24-15-9-4-10-16-24)25-17-18-31(20-26(25)29(30)33)19-22-11-5-2-6-12-22/h2-18,20,25,27-28H,19H2,1H3,(H2,30,33). The molecule has 3 aromatic rings. The van der Waals surface area contributed by atoms with Crippen LogP contribution in [0.5, 0.6) is 0 Å². The Morgan fingerprint density at radius 2 is 1.39 bits per heavy atom. The van der Waals surface area contributed by atoms with Crippen LogP contribution in [0.3, 0.4) is 0 Å². The molecular formula is C29H28N2O2. The molecule has 2 N–H and O–H groups in total. The molecule has 3 atom stereocenters. The number of carbonyl (C=O) groups is 2. The van der Waals surface area contributed by atoms with Crippen molar-refractivity contribution < 1.29 is 9.59 Å². The molecule has 0 aromatic heterocycles. The molecule has 4 rings (SSSR count). The molecule has 0 aliphatic carbocycles. The van der Waals surface area contributed by atoms with Crippen LogP contribution in [-0.4, -0.2) is 16.6 Å². The predicted octanol–water partition coefficient (Wildman–Crippen LogP) is 5.16. The molecule has 4 nitrogen and oxygen atoms in total. The molecule has 0 saturated heterocycles. The number of hydrogen-bond donors (Lipinski definition) is 1. The molecule has 0 bridgehead atoms. The Morgan fingerprint density at radius 1 is 0.848 bits per heavy atom. The second-order valence-electron chi connectivity index (χ2n) is 8.41. The van der Waals surface area contributed by atoms with Gasteiger partial charge in [-0.15, -0.1) is 0 Å². The number of primary amides is 1. The van der Waals surface area contributed by atoms with Crippen molar-refractivity contribution in [1.82, 2.24) is 4.90 Å². The van der Waals surface area contributed by atoms with Crippen molar-refractivity contribution in [2.75, 3.05) is 0 Å². The highest BCUT2D eigenvalue weighted by molar-refractivity contribution is 5.94. The zero-order valence-corrected chi connectivity index (χ0v) is 18.7. The summed E-state index contributed by atoms with van der Waals surface area (Å²) in [6, 6.07) is 29.8. The molecule has 1 aliphatic rings. The minimum absolute atomic E-state index is 0.0546. The molecule has 0 saturated carbocycles. The second-order valence-corrected chi connectivity index (χ2v) is 8.41. The normalized spacial score (nSPS) is 17.2. The van der Waals surface area contributed by atoms with Crippen molar-refractivity contribution in [2.24, 2.45) is 11.7 Å². The molecule has 0 fully saturated rings. The molecule has 33 heavy (non-hydrogen) atoms. The highest BCUT2D eigenvalue weighted by atomic mass is 16.1. The van der Waals surface area contributed by atoms with Crippen LogP contribution >= 0.6 is 0 Å². The average molecular weight is 437 g/mol. The van der Waals surface area contributed by atoms with Gasteiger partial charge in [-0.25, -0.2) is 0 Å². The number of carbonyl (C=O) groups excluding carboxylic acids is 2. The Bertz CT molecular complexity index is 1150. The Hall–Kier alpha value is -3.92. The van der Waals surface area contributed by atoms with Gasteiger partial charge >= 0.3 is 0 Å². The van der Waals surface area contributed by atoms with Crippen LogP contribution in [0, 0.1) is 5.92 Å². The fraction of sp³-hybridized carbons (Fsp3) is 0.172. The summed E-state index contributed by atoms with van der Waals surface area (Å²) in [7, 11) is 0. The number of allylic oxidation sites excluding steroid dienone is 1. The van der Waals surface area contributed by atoms with E-state index in [4.69, 9.17) is 5.73 Å². The van der Waals surface area contributed by atoms with Crippen LogP contribution in [-0.2, 0) is 16.1 Å². The third kappa shape index (κ3) is 5.12. The number of rotatable bonds is 8. The van der Waals surface area contributed by atoms with Gasteiger partial charge in [-0.3, -0.25) is 9.59 Å². The fourth-order valence-corrected chi connectivity index (χ4v) is 4.69. The number of benzene rings is 3. The van der Waals surface area contributed by atoms with Gasteiger partial charge in [0.25, 0.3) is 0 Å². The lowest BCUT2D eigenvalue weighted by atomic mass is 9.69. The van der Waals surface area contributed by atoms with E-state index in [-0.39, 0.29) is 17.6 Å². The summed E-state index contributed by atoms with van der Waals surface area (Å²) in [5.74, 6) is -1.42. The summed E-state index contributed by atoms with van der Waals surface area (Å²) in [6.07, 6.45) is 5.83. The summed E-state index contributed by atoms with van der Waals surface area (Å²) >= 11 is 0. The van der Waals surface area contributed by atoms with Crippen molar-refractivity contribution in [3.63, 3.8) is 0 Å². The maximum absolute atomic E-state index is 13.0. The first-order valence-corrected chi connectivity index (χ1v) is 11.1. The minimum Gasteiger partial charge on any atom is -0.366 e. The quantitative estimate of drug-likeness (QED) is 0.531. The van der Waals surface area contributed by atoms with Gasteiger partial charge in [0.1, 0.15) is 5.78 Å². The summed E-state index contributed by atoms with van der Waals surface area (Å²) < 4.78 is 0. The van der Waals surface area contributed by atoms with E-state index in [0.29, 0.717) is 12.1 Å². The van der Waals surface area contributed by atoms with Gasteiger partial charge in [-0.2, -0.15) is 0 Å². The lowest BCUT2D eigenvalue weighted by molar-refractivity contribution is -0.119. The summed E-state index contributed by atoms with van der Waals surface area (Å²) in [6.45, 7) is 2.25. The fourth-order valence-electron chi connectivity index (χ4n) is 4.69. The third-order valence-electron chi connectivity index (χ3n) is 6.17. The lowest BCUT2D eigenvalue weighted by Gasteiger charge is -2.35. The minimum atomic E-state index is -0.473. The van der Waals surface area contributed by atoms with Crippen molar-refractivity contribution in [1.29, 1.82) is 0 Å². The highest BCUT2D eigenvalue weighted by Crippen LogP contribution is 2.44. The van der Waals surface area contributed by atoms with Crippen LogP contribution in [0.15, 0.2) is 115 Å². The first kappa shape index (κ1) is 22.3. The van der Waals surface area contributed by atoms with E-state index in [1.54, 1.807) is 6.92 Å². The van der Waals surface area contributed by atoms with Gasteiger partial charge in [0.05, 0.1) is 5.92 Å². The number of amides is 1. The Kier molecular flexibility index (Phi) is 6.84. The molecule has 1 aliphatic heterocycles. The molecule has 1 heterocycles. The van der Waals surface area contributed by atoms with Crippen LogP contribution < -0.4 is 5.73 Å². The maximum atomic E-state index is 13.0. The second kappa shape index (κ2) is 10.1. The summed E-state index contributed by atoms with van der Waals surface area (Å²) in [4.78, 5) is 27.6. The molecule has 0 spiro atoms. The molecule has 0 radical (unpaired) electrons. The molecule has 3 unspecified atom stereocenters. The average Bonchev–Trinajstić information content (AvgIpc) is 2.84. The van der Waals surface area contributed by atoms with Crippen LogP contribution in [0.2, 0.25) is 0 Å². The Morgan fingerprint density at radius 3 is 1.94 bits per heavy atom. The van der Waals surface area contributed by atoms with Gasteiger partial charge in [-0.1, -0.05) is 97.1 Å². The van der Waals surface area contributed by atoms with Crippen molar-refractivity contribution >= 4 is 11.7 Å². The zero-order valence-electron chi connectivity index (χ0n) is 18.7. The molecular weight excluding hydrogens is 408 g/mol. The largest absolute Gasteiger partial charge is 0.366 e. The van der Waals surface area contributed by atoms with Crippen LogP contribution in [0.25, 0.3) is 0 Å². The van der Waals surface area contributed by atoms with E-state index in [0.717, 1.165) is 16.7 Å². The Labute approximate surface area is 195 Å². The summed E-state index contributed by atoms with van der Waals surface area (Å²) in [5, 5.41) is 0. The Balaban J connectivity index is 1.76. The summed E-state index contributed by atoms with van der Waals surface area (Å²) in [5.41, 5.74) is 9.46. The van der Waals surface area contributed by atoms with E-state index < -0.39 is 11.8 Å². The van der Waals surface area contributed by atoms with E-state index in [9.17, 15) is 9.59 Å². The molecule has 1 amide bonds. The predicted molar refractivity (Wildman–Crippen MR) is 131 cm³/mol. The molecule has 166 valence electrons. The number of Topliss-reactive ketones (excluding diaryl/α,β-unsaturated/α-hetero) is 1. The third-order valence-corrected chi connectivity index (χ3v) is 6.17. The van der Waals surface area contributed by atoms with E-state index in [1.807, 2.05) is 114 Å². The van der Waals surface area contributed by atoms with Gasteiger partial charge in [-0.05, 0) is 23.6 Å². The van der Waals surface area contributed by atoms with Crippen molar-refractivity contribution in [2.45, 2.75) is 25.3 Å².